The first-order valence-electron chi connectivity index (χ1n) is 10.5. The minimum absolute atomic E-state index is 0.0145. The maximum Gasteiger partial charge on any atom is 0.310 e. The molecule has 2 aromatic carbocycles. The van der Waals surface area contributed by atoms with Crippen LogP contribution in [0.5, 0.6) is 5.75 Å². The Balaban J connectivity index is 1.31. The minimum Gasteiger partial charge on any atom is -0.477 e. The van der Waals surface area contributed by atoms with Gasteiger partial charge in [-0.05, 0) is 36.4 Å². The first kappa shape index (κ1) is 23.1. The molecule has 11 heteroatoms. The molecule has 0 bridgehead atoms. The van der Waals surface area contributed by atoms with E-state index >= 15 is 0 Å². The second-order valence-electron chi connectivity index (χ2n) is 7.48. The fraction of sp³-hybridized carbons (Fsp3) is 0.217. The van der Waals surface area contributed by atoms with Crippen LogP contribution in [0.25, 0.3) is 0 Å². The summed E-state index contributed by atoms with van der Waals surface area (Å²) in [6, 6.07) is 14.3. The summed E-state index contributed by atoms with van der Waals surface area (Å²) >= 11 is 6.46. The van der Waals surface area contributed by atoms with Crippen molar-refractivity contribution < 1.29 is 23.7 Å². The zero-order chi connectivity index (χ0) is 24.1. The summed E-state index contributed by atoms with van der Waals surface area (Å²) in [5, 5.41) is 14.2. The molecule has 0 atom stereocenters. The van der Waals surface area contributed by atoms with Gasteiger partial charge in [-0.3, -0.25) is 19.7 Å². The molecule has 1 aliphatic rings. The Kier molecular flexibility index (Phi) is 6.98. The Labute approximate surface area is 199 Å². The lowest BCUT2D eigenvalue weighted by molar-refractivity contribution is -0.385. The first-order chi connectivity index (χ1) is 16.4. The largest absolute Gasteiger partial charge is 0.477 e. The van der Waals surface area contributed by atoms with Crippen molar-refractivity contribution in [1.29, 1.82) is 0 Å². The van der Waals surface area contributed by atoms with Crippen molar-refractivity contribution in [2.24, 2.45) is 0 Å². The molecule has 0 saturated carbocycles. The summed E-state index contributed by atoms with van der Waals surface area (Å²) in [6.07, 6.45) is 1.47. The highest BCUT2D eigenvalue weighted by Crippen LogP contribution is 2.30. The molecular formula is C23H21ClN4O6. The highest BCUT2D eigenvalue weighted by atomic mass is 35.5. The number of ether oxygens (including phenoxy) is 1. The van der Waals surface area contributed by atoms with Crippen LogP contribution in [0, 0.1) is 10.1 Å². The quantitative estimate of drug-likeness (QED) is 0.400. The molecule has 0 unspecified atom stereocenters. The van der Waals surface area contributed by atoms with E-state index in [0.29, 0.717) is 42.6 Å². The van der Waals surface area contributed by atoms with Gasteiger partial charge in [0.1, 0.15) is 0 Å². The van der Waals surface area contributed by atoms with E-state index in [1.54, 1.807) is 41.3 Å². The van der Waals surface area contributed by atoms with Crippen LogP contribution in [0.1, 0.15) is 10.6 Å². The number of carbonyl (C=O) groups is 2. The van der Waals surface area contributed by atoms with E-state index < -0.39 is 17.4 Å². The Morgan fingerprint density at radius 3 is 2.53 bits per heavy atom. The van der Waals surface area contributed by atoms with Gasteiger partial charge in [0, 0.05) is 37.9 Å². The molecular weight excluding hydrogens is 464 g/mol. The molecule has 0 radical (unpaired) electrons. The molecule has 0 aliphatic carbocycles. The van der Waals surface area contributed by atoms with Crippen LogP contribution < -0.4 is 15.0 Å². The van der Waals surface area contributed by atoms with Crippen LogP contribution in [0.4, 0.5) is 17.1 Å². The summed E-state index contributed by atoms with van der Waals surface area (Å²) in [5.74, 6) is -0.290. The fourth-order valence-electron chi connectivity index (χ4n) is 3.62. The van der Waals surface area contributed by atoms with Crippen molar-refractivity contribution in [1.82, 2.24) is 4.90 Å². The van der Waals surface area contributed by atoms with Crippen molar-refractivity contribution in [3.05, 3.63) is 81.8 Å². The van der Waals surface area contributed by atoms with Gasteiger partial charge in [0.15, 0.2) is 18.1 Å². The average Bonchev–Trinajstić information content (AvgIpc) is 3.38. The van der Waals surface area contributed by atoms with E-state index in [-0.39, 0.29) is 17.3 Å². The normalized spacial score (nSPS) is 13.4. The summed E-state index contributed by atoms with van der Waals surface area (Å²) < 4.78 is 10.5. The second kappa shape index (κ2) is 10.3. The molecule has 1 aliphatic heterocycles. The molecule has 176 valence electrons. The van der Waals surface area contributed by atoms with Gasteiger partial charge in [0.25, 0.3) is 11.8 Å². The molecule has 1 saturated heterocycles. The Morgan fingerprint density at radius 1 is 1.09 bits per heavy atom. The number of hydrogen-bond acceptors (Lipinski definition) is 7. The van der Waals surface area contributed by atoms with Crippen molar-refractivity contribution in [3.63, 3.8) is 0 Å². The van der Waals surface area contributed by atoms with E-state index in [9.17, 15) is 19.7 Å². The summed E-state index contributed by atoms with van der Waals surface area (Å²) in [5.41, 5.74) is 1.05. The number of nitro groups is 1. The van der Waals surface area contributed by atoms with Crippen molar-refractivity contribution in [3.8, 4) is 5.75 Å². The van der Waals surface area contributed by atoms with Gasteiger partial charge in [-0.1, -0.05) is 23.7 Å². The SMILES string of the molecule is O=C(COc1ccccc1[N+](=O)[O-])Nc1ccc(N2CCN(C(=O)c3ccco3)CC2)c(Cl)c1. The minimum atomic E-state index is -0.571. The smallest absolute Gasteiger partial charge is 0.310 e. The number of benzene rings is 2. The van der Waals surface area contributed by atoms with Crippen LogP contribution in [-0.2, 0) is 4.79 Å². The number of piperazine rings is 1. The highest BCUT2D eigenvalue weighted by molar-refractivity contribution is 6.33. The number of nitrogens with one attached hydrogen (secondary N) is 1. The Morgan fingerprint density at radius 2 is 1.85 bits per heavy atom. The van der Waals surface area contributed by atoms with Gasteiger partial charge in [-0.2, -0.15) is 0 Å². The molecule has 34 heavy (non-hydrogen) atoms. The number of amides is 2. The van der Waals surface area contributed by atoms with E-state index in [0.717, 1.165) is 5.69 Å². The van der Waals surface area contributed by atoms with E-state index in [2.05, 4.69) is 10.2 Å². The highest BCUT2D eigenvalue weighted by Gasteiger charge is 2.25. The van der Waals surface area contributed by atoms with E-state index in [1.807, 2.05) is 0 Å². The number of hydrogen-bond donors (Lipinski definition) is 1. The predicted octanol–water partition coefficient (Wildman–Crippen LogP) is 3.82. The summed E-state index contributed by atoms with van der Waals surface area (Å²) in [7, 11) is 0. The summed E-state index contributed by atoms with van der Waals surface area (Å²) in [4.78, 5) is 38.9. The topological polar surface area (TPSA) is 118 Å². The van der Waals surface area contributed by atoms with Crippen LogP contribution in [-0.4, -0.2) is 54.4 Å². The third kappa shape index (κ3) is 5.29. The Hall–Kier alpha value is -4.05. The molecule has 1 fully saturated rings. The third-order valence-corrected chi connectivity index (χ3v) is 5.59. The maximum absolute atomic E-state index is 12.4. The molecule has 1 aromatic heterocycles. The number of carbonyl (C=O) groups excluding carboxylic acids is 2. The van der Waals surface area contributed by atoms with Gasteiger partial charge >= 0.3 is 5.69 Å². The molecule has 2 amide bonds. The third-order valence-electron chi connectivity index (χ3n) is 5.29. The van der Waals surface area contributed by atoms with Crippen LogP contribution in [0.3, 0.4) is 0 Å². The van der Waals surface area contributed by atoms with Gasteiger partial charge in [-0.15, -0.1) is 0 Å². The standard InChI is InChI=1S/C23H21ClN4O6/c24-17-14-16(25-22(29)15-34-20-5-2-1-4-19(20)28(31)32)7-8-18(17)26-9-11-27(12-10-26)23(30)21-6-3-13-33-21/h1-8,13-14H,9-12,15H2,(H,25,29). The van der Waals surface area contributed by atoms with Gasteiger partial charge in [-0.25, -0.2) is 0 Å². The molecule has 0 spiro atoms. The van der Waals surface area contributed by atoms with Crippen molar-refractivity contribution in [2.75, 3.05) is 43.0 Å². The van der Waals surface area contributed by atoms with Crippen molar-refractivity contribution >= 4 is 40.5 Å². The number of rotatable bonds is 7. The van der Waals surface area contributed by atoms with Gasteiger partial charge in [0.2, 0.25) is 0 Å². The second-order valence-corrected chi connectivity index (χ2v) is 7.89. The number of furan rings is 1. The fourth-order valence-corrected chi connectivity index (χ4v) is 3.92. The number of para-hydroxylation sites is 2. The molecule has 1 N–H and O–H groups in total. The van der Waals surface area contributed by atoms with Gasteiger partial charge < -0.3 is 24.3 Å². The lowest BCUT2D eigenvalue weighted by Crippen LogP contribution is -2.48. The molecule has 10 nitrogen and oxygen atoms in total. The number of anilines is 2. The van der Waals surface area contributed by atoms with Crippen LogP contribution in [0.15, 0.2) is 65.3 Å². The van der Waals surface area contributed by atoms with E-state index in [1.165, 1.54) is 24.5 Å². The van der Waals surface area contributed by atoms with Crippen LogP contribution >= 0.6 is 11.6 Å². The van der Waals surface area contributed by atoms with Gasteiger partial charge in [0.05, 0.1) is 21.9 Å². The first-order valence-corrected chi connectivity index (χ1v) is 10.8. The zero-order valence-electron chi connectivity index (χ0n) is 18.0. The monoisotopic (exact) mass is 484 g/mol. The Bertz CT molecular complexity index is 1190. The van der Waals surface area contributed by atoms with Crippen LogP contribution in [0.2, 0.25) is 5.02 Å². The number of nitro benzene ring substituents is 1. The van der Waals surface area contributed by atoms with E-state index in [4.69, 9.17) is 20.8 Å². The average molecular weight is 485 g/mol. The predicted molar refractivity (Wildman–Crippen MR) is 125 cm³/mol. The molecule has 4 rings (SSSR count). The maximum atomic E-state index is 12.4. The van der Waals surface area contributed by atoms with Crippen molar-refractivity contribution in [2.45, 2.75) is 0 Å². The summed E-state index contributed by atoms with van der Waals surface area (Å²) in [6.45, 7) is 1.85. The zero-order valence-corrected chi connectivity index (χ0v) is 18.7. The number of nitrogens with zero attached hydrogens (tertiary/aromatic N) is 3. The molecule has 3 aromatic rings. The number of halogens is 1. The lowest BCUT2D eigenvalue weighted by Gasteiger charge is -2.36. The molecule has 2 heterocycles. The lowest BCUT2D eigenvalue weighted by atomic mass is 10.2.